The first-order valence-corrected chi connectivity index (χ1v) is 10.4. The molecule has 31 heavy (non-hydrogen) atoms. The van der Waals surface area contributed by atoms with E-state index in [0.717, 1.165) is 23.5 Å². The zero-order valence-corrected chi connectivity index (χ0v) is 17.8. The Morgan fingerprint density at radius 1 is 0.968 bits per heavy atom. The lowest BCUT2D eigenvalue weighted by atomic mass is 10.1. The largest absolute Gasteiger partial charge is 0.362 e. The van der Waals surface area contributed by atoms with Crippen LogP contribution in [0.5, 0.6) is 0 Å². The molecule has 0 radical (unpaired) electrons. The van der Waals surface area contributed by atoms with E-state index >= 15 is 0 Å². The highest BCUT2D eigenvalue weighted by Gasteiger charge is 2.27. The van der Waals surface area contributed by atoms with Gasteiger partial charge in [-0.05, 0) is 31.5 Å². The van der Waals surface area contributed by atoms with E-state index in [0.29, 0.717) is 31.9 Å². The minimum Gasteiger partial charge on any atom is -0.362 e. The van der Waals surface area contributed by atoms with Crippen molar-refractivity contribution in [1.29, 1.82) is 0 Å². The molecule has 7 nitrogen and oxygen atoms in total. The van der Waals surface area contributed by atoms with Crippen LogP contribution in [0.2, 0.25) is 0 Å². The van der Waals surface area contributed by atoms with Crippen LogP contribution in [0.4, 0.5) is 11.4 Å². The highest BCUT2D eigenvalue weighted by atomic mass is 16.6. The summed E-state index contributed by atoms with van der Waals surface area (Å²) in [5.74, 6) is 0.0228. The van der Waals surface area contributed by atoms with E-state index in [-0.39, 0.29) is 16.5 Å². The molecule has 1 aromatic heterocycles. The van der Waals surface area contributed by atoms with Crippen LogP contribution < -0.4 is 4.90 Å². The molecule has 1 amide bonds. The van der Waals surface area contributed by atoms with Crippen LogP contribution in [0.3, 0.4) is 0 Å². The maximum atomic E-state index is 13.2. The smallest absolute Gasteiger partial charge is 0.292 e. The summed E-state index contributed by atoms with van der Waals surface area (Å²) in [6, 6.07) is 18.9. The van der Waals surface area contributed by atoms with E-state index in [4.69, 9.17) is 0 Å². The first-order valence-electron chi connectivity index (χ1n) is 10.4. The lowest BCUT2D eigenvalue weighted by Crippen LogP contribution is -2.49. The van der Waals surface area contributed by atoms with Gasteiger partial charge in [-0.15, -0.1) is 0 Å². The summed E-state index contributed by atoms with van der Waals surface area (Å²) in [5.41, 5.74) is 4.66. The standard InChI is InChI=1S/C24H26N4O3/c1-18-16-21(19(2)27(18)17-20-8-4-3-5-9-20)24(29)26-14-12-25(13-15-26)22-10-6-7-11-23(22)28(30)31/h3-11,16H,12-15,17H2,1-2H3. The van der Waals surface area contributed by atoms with Crippen molar-refractivity contribution in [2.75, 3.05) is 31.1 Å². The second-order valence-corrected chi connectivity index (χ2v) is 7.88. The highest BCUT2D eigenvalue weighted by Crippen LogP contribution is 2.29. The van der Waals surface area contributed by atoms with E-state index < -0.39 is 0 Å². The molecule has 3 aromatic rings. The predicted octanol–water partition coefficient (Wildman–Crippen LogP) is 4.02. The second-order valence-electron chi connectivity index (χ2n) is 7.88. The fourth-order valence-corrected chi connectivity index (χ4v) is 4.23. The number of hydrogen-bond donors (Lipinski definition) is 0. The van der Waals surface area contributed by atoms with Crippen molar-refractivity contribution in [3.63, 3.8) is 0 Å². The number of aryl methyl sites for hydroxylation is 1. The average molecular weight is 418 g/mol. The van der Waals surface area contributed by atoms with Crippen LogP contribution in [-0.2, 0) is 6.54 Å². The lowest BCUT2D eigenvalue weighted by molar-refractivity contribution is -0.384. The van der Waals surface area contributed by atoms with Gasteiger partial charge in [-0.25, -0.2) is 0 Å². The Hall–Kier alpha value is -3.61. The number of carbonyl (C=O) groups is 1. The Kier molecular flexibility index (Phi) is 5.75. The molecule has 0 bridgehead atoms. The van der Waals surface area contributed by atoms with Gasteiger partial charge in [-0.3, -0.25) is 14.9 Å². The zero-order chi connectivity index (χ0) is 22.0. The number of benzene rings is 2. The molecule has 2 aromatic carbocycles. The number of amides is 1. The van der Waals surface area contributed by atoms with Gasteiger partial charge in [0.2, 0.25) is 0 Å². The van der Waals surface area contributed by atoms with Crippen LogP contribution in [-0.4, -0.2) is 46.5 Å². The van der Waals surface area contributed by atoms with Gasteiger partial charge in [0.15, 0.2) is 0 Å². The second kappa shape index (κ2) is 8.63. The molecular weight excluding hydrogens is 392 g/mol. The topological polar surface area (TPSA) is 71.6 Å². The molecule has 0 N–H and O–H groups in total. The number of anilines is 1. The van der Waals surface area contributed by atoms with Gasteiger partial charge in [0.1, 0.15) is 5.69 Å². The molecule has 0 atom stereocenters. The Labute approximate surface area is 181 Å². The maximum absolute atomic E-state index is 13.2. The third-order valence-electron chi connectivity index (χ3n) is 5.97. The van der Waals surface area contributed by atoms with Crippen molar-refractivity contribution < 1.29 is 9.72 Å². The van der Waals surface area contributed by atoms with E-state index in [2.05, 4.69) is 16.7 Å². The van der Waals surface area contributed by atoms with Crippen LogP contribution in [0.15, 0.2) is 60.7 Å². The van der Waals surface area contributed by atoms with Gasteiger partial charge in [0, 0.05) is 50.2 Å². The molecule has 1 aliphatic rings. The van der Waals surface area contributed by atoms with Crippen molar-refractivity contribution in [3.05, 3.63) is 93.3 Å². The molecule has 7 heteroatoms. The van der Waals surface area contributed by atoms with Gasteiger partial charge in [-0.1, -0.05) is 42.5 Å². The summed E-state index contributed by atoms with van der Waals surface area (Å²) in [4.78, 5) is 28.1. The Balaban J connectivity index is 1.47. The van der Waals surface area contributed by atoms with E-state index in [9.17, 15) is 14.9 Å². The number of para-hydroxylation sites is 2. The molecule has 2 heterocycles. The molecular formula is C24H26N4O3. The monoisotopic (exact) mass is 418 g/mol. The van der Waals surface area contributed by atoms with Gasteiger partial charge in [0.05, 0.1) is 10.5 Å². The van der Waals surface area contributed by atoms with Crippen LogP contribution in [0, 0.1) is 24.0 Å². The number of hydrogen-bond acceptors (Lipinski definition) is 4. The van der Waals surface area contributed by atoms with E-state index in [1.807, 2.05) is 47.9 Å². The fourth-order valence-electron chi connectivity index (χ4n) is 4.23. The summed E-state index contributed by atoms with van der Waals surface area (Å²) >= 11 is 0. The van der Waals surface area contributed by atoms with E-state index in [1.165, 1.54) is 11.6 Å². The number of nitro groups is 1. The number of nitro benzene ring substituents is 1. The normalized spacial score (nSPS) is 14.0. The number of aromatic nitrogens is 1. The van der Waals surface area contributed by atoms with Crippen LogP contribution >= 0.6 is 0 Å². The summed E-state index contributed by atoms with van der Waals surface area (Å²) in [5, 5.41) is 11.3. The van der Waals surface area contributed by atoms with Crippen molar-refractivity contribution in [1.82, 2.24) is 9.47 Å². The summed E-state index contributed by atoms with van der Waals surface area (Å²) in [7, 11) is 0. The van der Waals surface area contributed by atoms with E-state index in [1.54, 1.807) is 18.2 Å². The number of rotatable bonds is 5. The molecule has 0 saturated carbocycles. The Morgan fingerprint density at radius 3 is 2.29 bits per heavy atom. The van der Waals surface area contributed by atoms with Crippen molar-refractivity contribution in [2.24, 2.45) is 0 Å². The molecule has 0 unspecified atom stereocenters. The summed E-state index contributed by atoms with van der Waals surface area (Å²) in [6.07, 6.45) is 0. The number of nitrogens with zero attached hydrogens (tertiary/aromatic N) is 4. The minimum atomic E-state index is -0.353. The molecule has 1 aliphatic heterocycles. The quantitative estimate of drug-likeness (QED) is 0.463. The maximum Gasteiger partial charge on any atom is 0.292 e. The fraction of sp³-hybridized carbons (Fsp3) is 0.292. The third-order valence-corrected chi connectivity index (χ3v) is 5.97. The Morgan fingerprint density at radius 2 is 1.61 bits per heavy atom. The molecule has 1 fully saturated rings. The molecule has 1 saturated heterocycles. The number of carbonyl (C=O) groups excluding carboxylic acids is 1. The van der Waals surface area contributed by atoms with Crippen LogP contribution in [0.25, 0.3) is 0 Å². The third kappa shape index (κ3) is 4.17. The number of piperazine rings is 1. The van der Waals surface area contributed by atoms with Gasteiger partial charge >= 0.3 is 0 Å². The summed E-state index contributed by atoms with van der Waals surface area (Å²) < 4.78 is 2.17. The predicted molar refractivity (Wildman–Crippen MR) is 121 cm³/mol. The zero-order valence-electron chi connectivity index (χ0n) is 17.8. The summed E-state index contributed by atoms with van der Waals surface area (Å²) in [6.45, 7) is 6.96. The van der Waals surface area contributed by atoms with Gasteiger partial charge in [-0.2, -0.15) is 0 Å². The first kappa shape index (κ1) is 20.7. The van der Waals surface area contributed by atoms with Gasteiger partial charge in [0.25, 0.3) is 11.6 Å². The molecule has 0 spiro atoms. The van der Waals surface area contributed by atoms with Crippen molar-refractivity contribution in [3.8, 4) is 0 Å². The SMILES string of the molecule is Cc1cc(C(=O)N2CCN(c3ccccc3[N+](=O)[O-])CC2)c(C)n1Cc1ccccc1. The average Bonchev–Trinajstić information content (AvgIpc) is 3.07. The van der Waals surface area contributed by atoms with Crippen molar-refractivity contribution >= 4 is 17.3 Å². The highest BCUT2D eigenvalue weighted by molar-refractivity contribution is 5.96. The van der Waals surface area contributed by atoms with Gasteiger partial charge < -0.3 is 14.4 Å². The molecule has 0 aliphatic carbocycles. The molecule has 4 rings (SSSR count). The van der Waals surface area contributed by atoms with Crippen molar-refractivity contribution in [2.45, 2.75) is 20.4 Å². The minimum absolute atomic E-state index is 0.0228. The first-order chi connectivity index (χ1) is 15.0. The Bertz CT molecular complexity index is 1100. The lowest BCUT2D eigenvalue weighted by Gasteiger charge is -2.35. The molecule has 160 valence electrons. The van der Waals surface area contributed by atoms with Crippen LogP contribution in [0.1, 0.15) is 27.3 Å².